The van der Waals surface area contributed by atoms with Crippen LogP contribution in [0.15, 0.2) is 22.7 Å². The number of hydrogen-bond acceptors (Lipinski definition) is 1. The van der Waals surface area contributed by atoms with Crippen LogP contribution in [0.2, 0.25) is 0 Å². The molecule has 0 atom stereocenters. The Kier molecular flexibility index (Phi) is 3.79. The van der Waals surface area contributed by atoms with Crippen molar-refractivity contribution in [3.05, 3.63) is 28.2 Å². The highest BCUT2D eigenvalue weighted by molar-refractivity contribution is 9.10. The third-order valence-corrected chi connectivity index (χ3v) is 2.35. The molecule has 0 amide bonds. The van der Waals surface area contributed by atoms with Crippen LogP contribution in [0.1, 0.15) is 19.4 Å². The summed E-state index contributed by atoms with van der Waals surface area (Å²) in [6.07, 6.45) is 0. The molecule has 0 N–H and O–H groups in total. The van der Waals surface area contributed by atoms with E-state index in [4.69, 9.17) is 4.74 Å². The SMILES string of the molecule is Cc1cccc(Br)c1OCC(C)C. The minimum absolute atomic E-state index is 0.562. The maximum Gasteiger partial charge on any atom is 0.136 e. The van der Waals surface area contributed by atoms with Gasteiger partial charge in [0.1, 0.15) is 5.75 Å². The molecular weight excluding hydrogens is 228 g/mol. The molecule has 0 saturated heterocycles. The fourth-order valence-corrected chi connectivity index (χ4v) is 1.63. The normalized spacial score (nSPS) is 10.5. The molecule has 0 bridgehead atoms. The summed E-state index contributed by atoms with van der Waals surface area (Å²) in [4.78, 5) is 0. The van der Waals surface area contributed by atoms with Crippen molar-refractivity contribution < 1.29 is 4.74 Å². The summed E-state index contributed by atoms with van der Waals surface area (Å²) >= 11 is 3.47. The maximum absolute atomic E-state index is 5.68. The first-order chi connectivity index (χ1) is 6.11. The standard InChI is InChI=1S/C11H15BrO/c1-8(2)7-13-11-9(3)5-4-6-10(11)12/h4-6,8H,7H2,1-3H3. The van der Waals surface area contributed by atoms with Gasteiger partial charge in [0, 0.05) is 0 Å². The molecule has 13 heavy (non-hydrogen) atoms. The lowest BCUT2D eigenvalue weighted by Crippen LogP contribution is -2.05. The van der Waals surface area contributed by atoms with Gasteiger partial charge in [0.05, 0.1) is 11.1 Å². The first-order valence-electron chi connectivity index (χ1n) is 4.49. The minimum Gasteiger partial charge on any atom is -0.492 e. The molecule has 72 valence electrons. The average Bonchev–Trinajstić information content (AvgIpc) is 2.03. The van der Waals surface area contributed by atoms with E-state index in [1.54, 1.807) is 0 Å². The molecule has 1 aromatic rings. The number of ether oxygens (including phenoxy) is 1. The van der Waals surface area contributed by atoms with Crippen molar-refractivity contribution in [1.82, 2.24) is 0 Å². The highest BCUT2D eigenvalue weighted by atomic mass is 79.9. The second-order valence-corrected chi connectivity index (χ2v) is 4.45. The summed E-state index contributed by atoms with van der Waals surface area (Å²) < 4.78 is 6.72. The molecule has 0 radical (unpaired) electrons. The number of rotatable bonds is 3. The van der Waals surface area contributed by atoms with E-state index in [1.807, 2.05) is 12.1 Å². The molecule has 0 aromatic heterocycles. The zero-order valence-corrected chi connectivity index (χ0v) is 9.89. The highest BCUT2D eigenvalue weighted by Gasteiger charge is 2.04. The fraction of sp³-hybridized carbons (Fsp3) is 0.455. The summed E-state index contributed by atoms with van der Waals surface area (Å²) in [7, 11) is 0. The molecule has 0 aliphatic heterocycles. The molecule has 1 rings (SSSR count). The van der Waals surface area contributed by atoms with Crippen molar-refractivity contribution >= 4 is 15.9 Å². The van der Waals surface area contributed by atoms with E-state index in [0.717, 1.165) is 16.8 Å². The largest absolute Gasteiger partial charge is 0.492 e. The lowest BCUT2D eigenvalue weighted by Gasteiger charge is -2.12. The Balaban J connectivity index is 2.75. The van der Waals surface area contributed by atoms with Crippen LogP contribution in [0, 0.1) is 12.8 Å². The molecule has 1 nitrogen and oxygen atoms in total. The van der Waals surface area contributed by atoms with E-state index >= 15 is 0 Å². The monoisotopic (exact) mass is 242 g/mol. The van der Waals surface area contributed by atoms with E-state index < -0.39 is 0 Å². The van der Waals surface area contributed by atoms with Crippen molar-refractivity contribution in [2.45, 2.75) is 20.8 Å². The van der Waals surface area contributed by atoms with Gasteiger partial charge < -0.3 is 4.74 Å². The topological polar surface area (TPSA) is 9.23 Å². The fourth-order valence-electron chi connectivity index (χ4n) is 1.05. The predicted octanol–water partition coefficient (Wildman–Crippen LogP) is 3.79. The third-order valence-electron chi connectivity index (χ3n) is 1.72. The average molecular weight is 243 g/mol. The molecule has 0 saturated carbocycles. The van der Waals surface area contributed by atoms with Gasteiger partial charge in [0.25, 0.3) is 0 Å². The Bertz CT molecular complexity index is 261. The Morgan fingerprint density at radius 1 is 1.38 bits per heavy atom. The van der Waals surface area contributed by atoms with E-state index in [-0.39, 0.29) is 0 Å². The minimum atomic E-state index is 0.562. The van der Waals surface area contributed by atoms with Crippen LogP contribution >= 0.6 is 15.9 Å². The zero-order valence-electron chi connectivity index (χ0n) is 8.30. The van der Waals surface area contributed by atoms with E-state index in [2.05, 4.69) is 42.8 Å². The van der Waals surface area contributed by atoms with Gasteiger partial charge in [0.15, 0.2) is 0 Å². The second-order valence-electron chi connectivity index (χ2n) is 3.59. The Morgan fingerprint density at radius 2 is 2.08 bits per heavy atom. The van der Waals surface area contributed by atoms with Crippen molar-refractivity contribution in [2.24, 2.45) is 5.92 Å². The van der Waals surface area contributed by atoms with Gasteiger partial charge in [-0.3, -0.25) is 0 Å². The maximum atomic E-state index is 5.68. The molecule has 1 aromatic carbocycles. The Labute approximate surface area is 88.2 Å². The van der Waals surface area contributed by atoms with Crippen molar-refractivity contribution in [3.8, 4) is 5.75 Å². The van der Waals surface area contributed by atoms with Gasteiger partial charge in [-0.2, -0.15) is 0 Å². The Hall–Kier alpha value is -0.500. The van der Waals surface area contributed by atoms with Crippen LogP contribution in [0.5, 0.6) is 5.75 Å². The molecule has 0 aliphatic rings. The summed E-state index contributed by atoms with van der Waals surface area (Å²) in [5.41, 5.74) is 1.18. The zero-order chi connectivity index (χ0) is 9.84. The lowest BCUT2D eigenvalue weighted by atomic mass is 10.2. The number of benzene rings is 1. The summed E-state index contributed by atoms with van der Waals surface area (Å²) in [5.74, 6) is 1.53. The first-order valence-corrected chi connectivity index (χ1v) is 5.28. The van der Waals surface area contributed by atoms with Gasteiger partial charge in [-0.05, 0) is 40.4 Å². The van der Waals surface area contributed by atoms with Gasteiger partial charge in [-0.25, -0.2) is 0 Å². The van der Waals surface area contributed by atoms with Gasteiger partial charge in [-0.1, -0.05) is 26.0 Å². The third kappa shape index (κ3) is 3.03. The highest BCUT2D eigenvalue weighted by Crippen LogP contribution is 2.28. The van der Waals surface area contributed by atoms with Crippen LogP contribution in [0.25, 0.3) is 0 Å². The van der Waals surface area contributed by atoms with Crippen molar-refractivity contribution in [2.75, 3.05) is 6.61 Å². The van der Waals surface area contributed by atoms with Gasteiger partial charge in [0.2, 0.25) is 0 Å². The second kappa shape index (κ2) is 4.66. The van der Waals surface area contributed by atoms with E-state index in [0.29, 0.717) is 5.92 Å². The van der Waals surface area contributed by atoms with Crippen molar-refractivity contribution in [1.29, 1.82) is 0 Å². The van der Waals surface area contributed by atoms with Crippen molar-refractivity contribution in [3.63, 3.8) is 0 Å². The molecule has 2 heteroatoms. The summed E-state index contributed by atoms with van der Waals surface area (Å²) in [6.45, 7) is 7.11. The quantitative estimate of drug-likeness (QED) is 0.784. The number of halogens is 1. The molecular formula is C11H15BrO. The lowest BCUT2D eigenvalue weighted by molar-refractivity contribution is 0.268. The van der Waals surface area contributed by atoms with Crippen LogP contribution in [0.3, 0.4) is 0 Å². The number of para-hydroxylation sites is 1. The molecule has 0 aliphatic carbocycles. The number of aryl methyl sites for hydroxylation is 1. The smallest absolute Gasteiger partial charge is 0.136 e. The van der Waals surface area contributed by atoms with Crippen LogP contribution in [0.4, 0.5) is 0 Å². The molecule has 0 heterocycles. The van der Waals surface area contributed by atoms with Crippen LogP contribution in [-0.2, 0) is 0 Å². The van der Waals surface area contributed by atoms with Crippen LogP contribution < -0.4 is 4.74 Å². The number of hydrogen-bond donors (Lipinski definition) is 0. The summed E-state index contributed by atoms with van der Waals surface area (Å²) in [6, 6.07) is 6.07. The van der Waals surface area contributed by atoms with Gasteiger partial charge >= 0.3 is 0 Å². The van der Waals surface area contributed by atoms with Crippen LogP contribution in [-0.4, -0.2) is 6.61 Å². The molecule has 0 spiro atoms. The summed E-state index contributed by atoms with van der Waals surface area (Å²) in [5, 5.41) is 0. The molecule has 0 fully saturated rings. The molecule has 0 unspecified atom stereocenters. The van der Waals surface area contributed by atoms with Gasteiger partial charge in [-0.15, -0.1) is 0 Å². The van der Waals surface area contributed by atoms with E-state index in [9.17, 15) is 0 Å². The first kappa shape index (κ1) is 10.6. The Morgan fingerprint density at radius 3 is 2.62 bits per heavy atom. The predicted molar refractivity (Wildman–Crippen MR) is 59.2 cm³/mol. The van der Waals surface area contributed by atoms with E-state index in [1.165, 1.54) is 5.56 Å².